The van der Waals surface area contributed by atoms with Crippen molar-refractivity contribution in [2.75, 3.05) is 23.8 Å². The number of carbonyl (C=O) groups is 1. The number of anilines is 2. The lowest BCUT2D eigenvalue weighted by Crippen LogP contribution is -2.20. The fourth-order valence-corrected chi connectivity index (χ4v) is 3.65. The summed E-state index contributed by atoms with van der Waals surface area (Å²) in [4.78, 5) is 12.0. The highest BCUT2D eigenvalue weighted by Gasteiger charge is 2.17. The molecule has 0 radical (unpaired) electrons. The molecule has 7 nitrogen and oxygen atoms in total. The van der Waals surface area contributed by atoms with E-state index < -0.39 is 34.2 Å². The Kier molecular flexibility index (Phi) is 6.71. The summed E-state index contributed by atoms with van der Waals surface area (Å²) >= 11 is 0. The topological polar surface area (TPSA) is 93.7 Å². The minimum atomic E-state index is -4.03. The van der Waals surface area contributed by atoms with Gasteiger partial charge in [-0.15, -0.1) is 0 Å². The number of ether oxygens (including phenoxy) is 2. The Hall–Kier alpha value is -3.66. The van der Waals surface area contributed by atoms with Gasteiger partial charge in [-0.2, -0.15) is 0 Å². The smallest absolute Gasteiger partial charge is 0.262 e. The molecule has 31 heavy (non-hydrogen) atoms. The first-order chi connectivity index (χ1) is 14.8. The summed E-state index contributed by atoms with van der Waals surface area (Å²) in [6.07, 6.45) is 0. The van der Waals surface area contributed by atoms with Crippen LogP contribution in [-0.4, -0.2) is 28.0 Å². The number of para-hydroxylation sites is 1. The van der Waals surface area contributed by atoms with E-state index in [2.05, 4.69) is 10.0 Å². The summed E-state index contributed by atoms with van der Waals surface area (Å²) in [6.45, 7) is -0.455. The molecule has 0 aromatic heterocycles. The minimum absolute atomic E-state index is 0.0552. The van der Waals surface area contributed by atoms with Crippen molar-refractivity contribution in [1.82, 2.24) is 0 Å². The van der Waals surface area contributed by atoms with Gasteiger partial charge >= 0.3 is 0 Å². The van der Waals surface area contributed by atoms with E-state index in [0.29, 0.717) is 0 Å². The highest BCUT2D eigenvalue weighted by molar-refractivity contribution is 7.92. The molecular weight excluding hydrogens is 430 g/mol. The summed E-state index contributed by atoms with van der Waals surface area (Å²) in [7, 11) is -2.68. The minimum Gasteiger partial charge on any atom is -0.495 e. The first kappa shape index (κ1) is 22.0. The molecule has 0 heterocycles. The predicted molar refractivity (Wildman–Crippen MR) is 111 cm³/mol. The van der Waals surface area contributed by atoms with E-state index in [1.807, 2.05) is 0 Å². The Bertz CT molecular complexity index is 1180. The van der Waals surface area contributed by atoms with Crippen molar-refractivity contribution in [3.8, 4) is 11.5 Å². The Balaban J connectivity index is 1.73. The molecule has 10 heteroatoms. The normalized spacial score (nSPS) is 10.9. The van der Waals surface area contributed by atoms with Crippen LogP contribution in [0.2, 0.25) is 0 Å². The molecule has 3 aromatic rings. The number of nitrogens with one attached hydrogen (secondary N) is 2. The van der Waals surface area contributed by atoms with E-state index in [1.165, 1.54) is 43.5 Å². The zero-order chi connectivity index (χ0) is 22.4. The molecule has 1 amide bonds. The summed E-state index contributed by atoms with van der Waals surface area (Å²) in [5.74, 6) is -1.62. The van der Waals surface area contributed by atoms with Crippen LogP contribution < -0.4 is 19.5 Å². The lowest BCUT2D eigenvalue weighted by Gasteiger charge is -2.14. The van der Waals surface area contributed by atoms with Crippen LogP contribution in [0.15, 0.2) is 71.6 Å². The van der Waals surface area contributed by atoms with Gasteiger partial charge in [0.05, 0.1) is 17.7 Å². The van der Waals surface area contributed by atoms with Gasteiger partial charge in [0.1, 0.15) is 11.6 Å². The molecule has 0 unspecified atom stereocenters. The molecule has 0 spiro atoms. The Labute approximate surface area is 177 Å². The maximum Gasteiger partial charge on any atom is 0.262 e. The van der Waals surface area contributed by atoms with Crippen molar-refractivity contribution in [3.63, 3.8) is 0 Å². The fraction of sp³-hybridized carbons (Fsp3) is 0.0952. The number of halogens is 2. The number of amides is 1. The third-order valence-electron chi connectivity index (χ3n) is 4.05. The third kappa shape index (κ3) is 5.70. The maximum absolute atomic E-state index is 13.6. The van der Waals surface area contributed by atoms with Gasteiger partial charge in [-0.1, -0.05) is 12.1 Å². The van der Waals surface area contributed by atoms with E-state index in [0.717, 1.165) is 24.3 Å². The van der Waals surface area contributed by atoms with E-state index >= 15 is 0 Å². The monoisotopic (exact) mass is 448 g/mol. The van der Waals surface area contributed by atoms with Crippen LogP contribution in [0.5, 0.6) is 11.5 Å². The van der Waals surface area contributed by atoms with Crippen molar-refractivity contribution in [3.05, 3.63) is 78.4 Å². The van der Waals surface area contributed by atoms with Gasteiger partial charge < -0.3 is 14.8 Å². The molecule has 3 aromatic carbocycles. The van der Waals surface area contributed by atoms with Crippen LogP contribution in [-0.2, 0) is 14.8 Å². The summed E-state index contributed by atoms with van der Waals surface area (Å²) in [6, 6.07) is 14.2. The van der Waals surface area contributed by atoms with E-state index in [1.54, 1.807) is 6.07 Å². The molecule has 0 aliphatic carbocycles. The maximum atomic E-state index is 13.6. The second-order valence-corrected chi connectivity index (χ2v) is 7.92. The SMILES string of the molecule is COc1ccc(NC(=O)COc2ccccc2F)cc1NS(=O)(=O)c1ccc(F)cc1. The number of rotatable bonds is 8. The zero-order valence-corrected chi connectivity index (χ0v) is 17.1. The first-order valence-corrected chi connectivity index (χ1v) is 10.4. The van der Waals surface area contributed by atoms with E-state index in [-0.39, 0.29) is 27.8 Å². The second kappa shape index (κ2) is 9.43. The molecule has 0 aliphatic rings. The summed E-state index contributed by atoms with van der Waals surface area (Å²) < 4.78 is 64.4. The molecule has 0 saturated carbocycles. The van der Waals surface area contributed by atoms with Gasteiger partial charge in [0.25, 0.3) is 15.9 Å². The van der Waals surface area contributed by atoms with Crippen LogP contribution in [0.25, 0.3) is 0 Å². The molecule has 0 saturated heterocycles. The average Bonchev–Trinajstić information content (AvgIpc) is 2.73. The molecular formula is C21H18F2N2O5S. The molecule has 0 aliphatic heterocycles. The molecule has 0 fully saturated rings. The first-order valence-electron chi connectivity index (χ1n) is 8.92. The van der Waals surface area contributed by atoms with Gasteiger partial charge in [-0.05, 0) is 54.6 Å². The van der Waals surface area contributed by atoms with Crippen molar-refractivity contribution in [2.24, 2.45) is 0 Å². The van der Waals surface area contributed by atoms with Gasteiger partial charge in [0.2, 0.25) is 0 Å². The number of hydrogen-bond donors (Lipinski definition) is 2. The molecule has 2 N–H and O–H groups in total. The lowest BCUT2D eigenvalue weighted by molar-refractivity contribution is -0.118. The van der Waals surface area contributed by atoms with Crippen molar-refractivity contribution < 1.29 is 31.5 Å². The van der Waals surface area contributed by atoms with Gasteiger partial charge in [-0.25, -0.2) is 17.2 Å². The average molecular weight is 448 g/mol. The fourth-order valence-electron chi connectivity index (χ4n) is 2.59. The zero-order valence-electron chi connectivity index (χ0n) is 16.3. The largest absolute Gasteiger partial charge is 0.495 e. The Morgan fingerprint density at radius 2 is 1.68 bits per heavy atom. The molecule has 3 rings (SSSR count). The van der Waals surface area contributed by atoms with Crippen LogP contribution in [0, 0.1) is 11.6 Å². The molecule has 162 valence electrons. The van der Waals surface area contributed by atoms with Crippen LogP contribution >= 0.6 is 0 Å². The Morgan fingerprint density at radius 1 is 0.968 bits per heavy atom. The van der Waals surface area contributed by atoms with E-state index in [4.69, 9.17) is 9.47 Å². The number of benzene rings is 3. The van der Waals surface area contributed by atoms with Crippen molar-refractivity contribution in [1.29, 1.82) is 0 Å². The summed E-state index contributed by atoms with van der Waals surface area (Å²) in [5, 5.41) is 2.53. The molecule has 0 bridgehead atoms. The highest BCUT2D eigenvalue weighted by atomic mass is 32.2. The lowest BCUT2D eigenvalue weighted by atomic mass is 10.2. The second-order valence-electron chi connectivity index (χ2n) is 6.24. The van der Waals surface area contributed by atoms with Crippen molar-refractivity contribution in [2.45, 2.75) is 4.90 Å². The standard InChI is InChI=1S/C21H18F2N2O5S/c1-29-20-11-8-15(24-21(26)13-30-19-5-3-2-4-17(19)23)12-18(20)25-31(27,28)16-9-6-14(22)7-10-16/h2-12,25H,13H2,1H3,(H,24,26). The van der Waals surface area contributed by atoms with Crippen LogP contribution in [0.1, 0.15) is 0 Å². The third-order valence-corrected chi connectivity index (χ3v) is 5.43. The highest BCUT2D eigenvalue weighted by Crippen LogP contribution is 2.30. The number of sulfonamides is 1. The Morgan fingerprint density at radius 3 is 2.35 bits per heavy atom. The molecule has 0 atom stereocenters. The van der Waals surface area contributed by atoms with Crippen LogP contribution in [0.3, 0.4) is 0 Å². The number of carbonyl (C=O) groups excluding carboxylic acids is 1. The van der Waals surface area contributed by atoms with Crippen molar-refractivity contribution >= 4 is 27.3 Å². The quantitative estimate of drug-likeness (QED) is 0.547. The van der Waals surface area contributed by atoms with Gasteiger partial charge in [0.15, 0.2) is 18.2 Å². The van der Waals surface area contributed by atoms with Crippen LogP contribution in [0.4, 0.5) is 20.2 Å². The summed E-state index contributed by atoms with van der Waals surface area (Å²) in [5.41, 5.74) is 0.305. The van der Waals surface area contributed by atoms with E-state index in [9.17, 15) is 22.0 Å². The van der Waals surface area contributed by atoms with Gasteiger partial charge in [-0.3, -0.25) is 9.52 Å². The number of methoxy groups -OCH3 is 1. The number of hydrogen-bond acceptors (Lipinski definition) is 5. The predicted octanol–water partition coefficient (Wildman–Crippen LogP) is 3.79. The van der Waals surface area contributed by atoms with Gasteiger partial charge in [0, 0.05) is 5.69 Å².